The molecule has 1 aromatic carbocycles. The van der Waals surface area contributed by atoms with E-state index in [-0.39, 0.29) is 24.5 Å². The molecule has 4 heteroatoms. The maximum absolute atomic E-state index is 12.9. The Kier molecular flexibility index (Phi) is 5.01. The van der Waals surface area contributed by atoms with Gasteiger partial charge in [-0.15, -0.1) is 0 Å². The van der Waals surface area contributed by atoms with E-state index in [9.17, 15) is 9.90 Å². The van der Waals surface area contributed by atoms with Gasteiger partial charge in [-0.25, -0.2) is 0 Å². The molecule has 2 unspecified atom stereocenters. The highest BCUT2D eigenvalue weighted by molar-refractivity contribution is 5.84. The molecular weight excluding hydrogens is 266 g/mol. The summed E-state index contributed by atoms with van der Waals surface area (Å²) in [5, 5.41) is 9.37. The molecule has 0 radical (unpaired) electrons. The number of hydrogen-bond acceptors (Lipinski definition) is 3. The minimum absolute atomic E-state index is 0.0602. The van der Waals surface area contributed by atoms with Crippen molar-refractivity contribution >= 4 is 5.91 Å². The van der Waals surface area contributed by atoms with E-state index >= 15 is 0 Å². The van der Waals surface area contributed by atoms with Gasteiger partial charge >= 0.3 is 0 Å². The Hall–Kier alpha value is -1.39. The molecule has 0 aromatic heterocycles. The molecule has 1 aliphatic rings. The zero-order chi connectivity index (χ0) is 15.5. The van der Waals surface area contributed by atoms with Gasteiger partial charge in [-0.1, -0.05) is 37.3 Å². The Morgan fingerprint density at radius 2 is 2.10 bits per heavy atom. The highest BCUT2D eigenvalue weighted by Gasteiger charge is 2.37. The van der Waals surface area contributed by atoms with E-state index in [1.807, 2.05) is 56.0 Å². The molecule has 21 heavy (non-hydrogen) atoms. The molecule has 0 aliphatic carbocycles. The van der Waals surface area contributed by atoms with Gasteiger partial charge in [0.2, 0.25) is 5.91 Å². The lowest BCUT2D eigenvalue weighted by atomic mass is 9.93. The average Bonchev–Trinajstić information content (AvgIpc) is 2.47. The number of carbonyl (C=O) groups excluding carboxylic acids is 1. The molecule has 0 spiro atoms. The molecule has 1 heterocycles. The van der Waals surface area contributed by atoms with E-state index < -0.39 is 5.60 Å². The number of hydrogen-bond donors (Lipinski definition) is 1. The summed E-state index contributed by atoms with van der Waals surface area (Å²) in [4.78, 5) is 14.7. The largest absolute Gasteiger partial charge is 0.394 e. The van der Waals surface area contributed by atoms with Gasteiger partial charge in [-0.2, -0.15) is 0 Å². The SMILES string of the molecule is CCC(C(=O)N1CC(CO)OC(C)(C)C1)c1ccccc1. The van der Waals surface area contributed by atoms with Crippen molar-refractivity contribution < 1.29 is 14.6 Å². The number of rotatable bonds is 4. The van der Waals surface area contributed by atoms with Gasteiger partial charge in [0.15, 0.2) is 0 Å². The van der Waals surface area contributed by atoms with E-state index in [0.29, 0.717) is 13.1 Å². The number of nitrogens with zero attached hydrogens (tertiary/aromatic N) is 1. The highest BCUT2D eigenvalue weighted by Crippen LogP contribution is 2.27. The highest BCUT2D eigenvalue weighted by atomic mass is 16.5. The summed E-state index contributed by atoms with van der Waals surface area (Å²) in [6.45, 7) is 6.91. The molecule has 116 valence electrons. The van der Waals surface area contributed by atoms with Crippen molar-refractivity contribution in [2.24, 2.45) is 0 Å². The molecule has 1 aliphatic heterocycles. The van der Waals surface area contributed by atoms with Crippen LogP contribution in [0.1, 0.15) is 38.7 Å². The molecule has 1 aromatic rings. The van der Waals surface area contributed by atoms with E-state index in [0.717, 1.165) is 12.0 Å². The second kappa shape index (κ2) is 6.58. The lowest BCUT2D eigenvalue weighted by Gasteiger charge is -2.43. The first kappa shape index (κ1) is 16.0. The molecular formula is C17H25NO3. The van der Waals surface area contributed by atoms with E-state index in [1.54, 1.807) is 0 Å². The number of amides is 1. The van der Waals surface area contributed by atoms with Gasteiger partial charge in [0, 0.05) is 13.1 Å². The maximum Gasteiger partial charge on any atom is 0.230 e. The Morgan fingerprint density at radius 3 is 2.67 bits per heavy atom. The first-order valence-corrected chi connectivity index (χ1v) is 7.59. The zero-order valence-corrected chi connectivity index (χ0v) is 13.1. The summed E-state index contributed by atoms with van der Waals surface area (Å²) in [6.07, 6.45) is 0.468. The first-order chi connectivity index (χ1) is 9.96. The average molecular weight is 291 g/mol. The molecule has 2 atom stereocenters. The van der Waals surface area contributed by atoms with Gasteiger partial charge in [0.25, 0.3) is 0 Å². The smallest absolute Gasteiger partial charge is 0.230 e. The third-order valence-electron chi connectivity index (χ3n) is 3.90. The van der Waals surface area contributed by atoms with Crippen molar-refractivity contribution in [2.45, 2.75) is 44.8 Å². The number of aliphatic hydroxyl groups excluding tert-OH is 1. The normalized spacial score (nSPS) is 22.9. The Balaban J connectivity index is 2.17. The van der Waals surface area contributed by atoms with Crippen molar-refractivity contribution in [3.05, 3.63) is 35.9 Å². The van der Waals surface area contributed by atoms with Crippen LogP contribution in [0.15, 0.2) is 30.3 Å². The number of carbonyl (C=O) groups is 1. The number of benzene rings is 1. The minimum atomic E-state index is -0.420. The van der Waals surface area contributed by atoms with E-state index in [2.05, 4.69) is 0 Å². The maximum atomic E-state index is 12.9. The van der Waals surface area contributed by atoms with Crippen LogP contribution in [-0.2, 0) is 9.53 Å². The van der Waals surface area contributed by atoms with Gasteiger partial charge in [-0.05, 0) is 25.8 Å². The number of aliphatic hydroxyl groups is 1. The van der Waals surface area contributed by atoms with Crippen LogP contribution in [0.3, 0.4) is 0 Å². The van der Waals surface area contributed by atoms with Gasteiger partial charge in [0.1, 0.15) is 0 Å². The van der Waals surface area contributed by atoms with Crippen molar-refractivity contribution in [2.75, 3.05) is 19.7 Å². The van der Waals surface area contributed by atoms with E-state index in [1.165, 1.54) is 0 Å². The van der Waals surface area contributed by atoms with Gasteiger partial charge in [0.05, 0.1) is 24.2 Å². The molecule has 1 fully saturated rings. The van der Waals surface area contributed by atoms with Crippen molar-refractivity contribution in [3.8, 4) is 0 Å². The van der Waals surface area contributed by atoms with Crippen LogP contribution in [0.25, 0.3) is 0 Å². The topological polar surface area (TPSA) is 49.8 Å². The third-order valence-corrected chi connectivity index (χ3v) is 3.90. The molecule has 1 N–H and O–H groups in total. The number of morpholine rings is 1. The number of ether oxygens (including phenoxy) is 1. The predicted molar refractivity (Wildman–Crippen MR) is 82.1 cm³/mol. The lowest BCUT2D eigenvalue weighted by molar-refractivity contribution is -0.168. The lowest BCUT2D eigenvalue weighted by Crippen LogP contribution is -2.56. The van der Waals surface area contributed by atoms with Crippen LogP contribution >= 0.6 is 0 Å². The van der Waals surface area contributed by atoms with Crippen molar-refractivity contribution in [3.63, 3.8) is 0 Å². The monoisotopic (exact) mass is 291 g/mol. The second-order valence-electron chi connectivity index (χ2n) is 6.27. The third kappa shape index (κ3) is 3.83. The molecule has 0 bridgehead atoms. The van der Waals surface area contributed by atoms with Crippen LogP contribution in [0, 0.1) is 0 Å². The first-order valence-electron chi connectivity index (χ1n) is 7.59. The Labute approximate surface area is 126 Å². The standard InChI is InChI=1S/C17H25NO3/c1-4-15(13-8-6-5-7-9-13)16(20)18-10-14(11-19)21-17(2,3)12-18/h5-9,14-15,19H,4,10-12H2,1-3H3. The minimum Gasteiger partial charge on any atom is -0.394 e. The van der Waals surface area contributed by atoms with Crippen LogP contribution in [0.2, 0.25) is 0 Å². The second-order valence-corrected chi connectivity index (χ2v) is 6.27. The molecule has 1 saturated heterocycles. The van der Waals surface area contributed by atoms with Crippen LogP contribution in [-0.4, -0.2) is 47.3 Å². The molecule has 2 rings (SSSR count). The Morgan fingerprint density at radius 1 is 1.43 bits per heavy atom. The fourth-order valence-corrected chi connectivity index (χ4v) is 3.02. The van der Waals surface area contributed by atoms with Gasteiger partial charge < -0.3 is 14.7 Å². The summed E-state index contributed by atoms with van der Waals surface area (Å²) in [6, 6.07) is 9.89. The molecule has 0 saturated carbocycles. The summed E-state index contributed by atoms with van der Waals surface area (Å²) in [5.74, 6) is -0.00188. The summed E-state index contributed by atoms with van der Waals surface area (Å²) >= 11 is 0. The fraction of sp³-hybridized carbons (Fsp3) is 0.588. The van der Waals surface area contributed by atoms with Crippen LogP contribution < -0.4 is 0 Å². The summed E-state index contributed by atoms with van der Waals surface area (Å²) < 4.78 is 5.78. The van der Waals surface area contributed by atoms with E-state index in [4.69, 9.17) is 4.74 Å². The van der Waals surface area contributed by atoms with Crippen LogP contribution in [0.5, 0.6) is 0 Å². The summed E-state index contributed by atoms with van der Waals surface area (Å²) in [5.41, 5.74) is 0.630. The molecule has 4 nitrogen and oxygen atoms in total. The predicted octanol–water partition coefficient (Wildman–Crippen LogP) is 2.18. The fourth-order valence-electron chi connectivity index (χ4n) is 3.02. The van der Waals surface area contributed by atoms with Crippen molar-refractivity contribution in [1.29, 1.82) is 0 Å². The van der Waals surface area contributed by atoms with Gasteiger partial charge in [-0.3, -0.25) is 4.79 Å². The van der Waals surface area contributed by atoms with Crippen LogP contribution in [0.4, 0.5) is 0 Å². The summed E-state index contributed by atoms with van der Waals surface area (Å²) in [7, 11) is 0. The quantitative estimate of drug-likeness (QED) is 0.925. The molecule has 1 amide bonds. The van der Waals surface area contributed by atoms with Crippen molar-refractivity contribution in [1.82, 2.24) is 4.90 Å². The zero-order valence-electron chi connectivity index (χ0n) is 13.1. The Bertz CT molecular complexity index is 472.